The Labute approximate surface area is 128 Å². The Morgan fingerprint density at radius 1 is 1.47 bits per heavy atom. The molecule has 1 aromatic rings. The van der Waals surface area contributed by atoms with Gasteiger partial charge in [-0.15, -0.1) is 12.4 Å². The first kappa shape index (κ1) is 16.9. The van der Waals surface area contributed by atoms with Crippen molar-refractivity contribution in [3.05, 3.63) is 28.2 Å². The summed E-state index contributed by atoms with van der Waals surface area (Å²) in [4.78, 5) is 0.339. The second-order valence-corrected chi connectivity index (χ2v) is 7.45. The van der Waals surface area contributed by atoms with Crippen LogP contribution in [0.15, 0.2) is 27.6 Å². The second kappa shape index (κ2) is 6.54. The molecule has 108 valence electrons. The Hall–Kier alpha value is -0.140. The average molecular weight is 370 g/mol. The Morgan fingerprint density at radius 3 is 2.68 bits per heavy atom. The Balaban J connectivity index is 0.00000180. The van der Waals surface area contributed by atoms with Crippen molar-refractivity contribution in [3.8, 4) is 0 Å². The first-order chi connectivity index (χ1) is 8.45. The number of nitrogens with two attached hydrogens (primary N) is 1. The van der Waals surface area contributed by atoms with Gasteiger partial charge < -0.3 is 5.73 Å². The Morgan fingerprint density at radius 2 is 2.16 bits per heavy atom. The summed E-state index contributed by atoms with van der Waals surface area (Å²) in [7, 11) is -3.40. The molecule has 0 bridgehead atoms. The van der Waals surface area contributed by atoms with E-state index in [9.17, 15) is 8.42 Å². The van der Waals surface area contributed by atoms with Gasteiger partial charge in [-0.2, -0.15) is 4.31 Å². The zero-order valence-corrected chi connectivity index (χ0v) is 13.9. The summed E-state index contributed by atoms with van der Waals surface area (Å²) in [5.74, 6) is 0.281. The predicted octanol–water partition coefficient (Wildman–Crippen LogP) is 2.15. The molecule has 1 heterocycles. The predicted molar refractivity (Wildman–Crippen MR) is 82.0 cm³/mol. The molecule has 0 saturated carbocycles. The molecule has 0 spiro atoms. The highest BCUT2D eigenvalue weighted by Gasteiger charge is 2.32. The van der Waals surface area contributed by atoms with Gasteiger partial charge in [0.2, 0.25) is 10.0 Å². The van der Waals surface area contributed by atoms with Crippen LogP contribution >= 0.6 is 28.3 Å². The third-order valence-corrected chi connectivity index (χ3v) is 6.13. The van der Waals surface area contributed by atoms with Crippen molar-refractivity contribution >= 4 is 38.4 Å². The summed E-state index contributed by atoms with van der Waals surface area (Å²) in [6, 6.07) is 5.29. The summed E-state index contributed by atoms with van der Waals surface area (Å²) in [5.41, 5.74) is 6.63. The van der Waals surface area contributed by atoms with E-state index in [-0.39, 0.29) is 18.3 Å². The summed E-state index contributed by atoms with van der Waals surface area (Å²) >= 11 is 3.33. The third kappa shape index (κ3) is 3.49. The molecule has 1 unspecified atom stereocenters. The molecule has 1 aliphatic rings. The van der Waals surface area contributed by atoms with E-state index in [1.165, 1.54) is 4.31 Å². The number of hydrogen-bond acceptors (Lipinski definition) is 3. The van der Waals surface area contributed by atoms with Crippen molar-refractivity contribution in [1.29, 1.82) is 0 Å². The van der Waals surface area contributed by atoms with Crippen LogP contribution in [-0.2, 0) is 10.0 Å². The molecular formula is C12H18BrClN2O2S. The Bertz CT molecular complexity index is 551. The molecule has 1 saturated heterocycles. The fraction of sp³-hybridized carbons (Fsp3) is 0.500. The molecule has 19 heavy (non-hydrogen) atoms. The average Bonchev–Trinajstić information content (AvgIpc) is 2.77. The van der Waals surface area contributed by atoms with Crippen LogP contribution in [0.25, 0.3) is 0 Å². The van der Waals surface area contributed by atoms with E-state index >= 15 is 0 Å². The Kier molecular flexibility index (Phi) is 5.82. The number of hydrogen-bond donors (Lipinski definition) is 1. The number of aryl methyl sites for hydroxylation is 1. The van der Waals surface area contributed by atoms with Crippen LogP contribution < -0.4 is 5.73 Å². The van der Waals surface area contributed by atoms with Gasteiger partial charge in [0, 0.05) is 17.6 Å². The minimum Gasteiger partial charge on any atom is -0.330 e. The normalized spacial score (nSPS) is 20.3. The monoisotopic (exact) mass is 368 g/mol. The zero-order valence-electron chi connectivity index (χ0n) is 10.7. The summed E-state index contributed by atoms with van der Waals surface area (Å²) in [6.45, 7) is 3.56. The maximum atomic E-state index is 12.5. The van der Waals surface area contributed by atoms with Crippen LogP contribution in [-0.4, -0.2) is 32.4 Å². The van der Waals surface area contributed by atoms with Crippen molar-refractivity contribution in [2.45, 2.75) is 18.2 Å². The largest absolute Gasteiger partial charge is 0.330 e. The van der Waals surface area contributed by atoms with E-state index in [1.807, 2.05) is 19.1 Å². The highest BCUT2D eigenvalue weighted by Crippen LogP contribution is 2.29. The lowest BCUT2D eigenvalue weighted by Crippen LogP contribution is -2.30. The molecule has 0 aromatic heterocycles. The third-order valence-electron chi connectivity index (χ3n) is 3.29. The molecule has 1 aromatic carbocycles. The maximum Gasteiger partial charge on any atom is 0.244 e. The molecule has 0 radical (unpaired) electrons. The van der Waals surface area contributed by atoms with Crippen LogP contribution in [0.3, 0.4) is 0 Å². The van der Waals surface area contributed by atoms with E-state index in [0.29, 0.717) is 29.0 Å². The van der Waals surface area contributed by atoms with Gasteiger partial charge in [-0.3, -0.25) is 0 Å². The quantitative estimate of drug-likeness (QED) is 0.888. The number of benzene rings is 1. The maximum absolute atomic E-state index is 12.5. The van der Waals surface area contributed by atoms with Crippen LogP contribution in [0.5, 0.6) is 0 Å². The lowest BCUT2D eigenvalue weighted by molar-refractivity contribution is 0.458. The van der Waals surface area contributed by atoms with E-state index in [4.69, 9.17) is 5.73 Å². The molecule has 2 rings (SSSR count). The lowest BCUT2D eigenvalue weighted by atomic mass is 10.1. The highest BCUT2D eigenvalue weighted by atomic mass is 79.9. The number of sulfonamides is 1. The number of nitrogens with zero attached hydrogens (tertiary/aromatic N) is 1. The van der Waals surface area contributed by atoms with E-state index in [0.717, 1.165) is 12.0 Å². The van der Waals surface area contributed by atoms with Crippen LogP contribution in [0.4, 0.5) is 0 Å². The van der Waals surface area contributed by atoms with Gasteiger partial charge in [-0.25, -0.2) is 8.42 Å². The van der Waals surface area contributed by atoms with Gasteiger partial charge in [-0.1, -0.05) is 6.07 Å². The molecule has 1 atom stereocenters. The number of rotatable bonds is 3. The first-order valence-corrected chi connectivity index (χ1v) is 8.15. The van der Waals surface area contributed by atoms with Gasteiger partial charge in [0.05, 0.1) is 4.90 Å². The van der Waals surface area contributed by atoms with Gasteiger partial charge in [0.15, 0.2) is 0 Å². The highest BCUT2D eigenvalue weighted by molar-refractivity contribution is 9.10. The zero-order chi connectivity index (χ0) is 13.3. The summed E-state index contributed by atoms with van der Waals surface area (Å²) < 4.78 is 27.1. The molecule has 1 fully saturated rings. The first-order valence-electron chi connectivity index (χ1n) is 5.91. The summed E-state index contributed by atoms with van der Waals surface area (Å²) in [6.07, 6.45) is 0.846. The van der Waals surface area contributed by atoms with Crippen molar-refractivity contribution in [2.24, 2.45) is 11.7 Å². The smallest absolute Gasteiger partial charge is 0.244 e. The SMILES string of the molecule is Cc1ccc(S(=O)(=O)N2CCC(CN)C2)c(Br)c1.Cl. The standard InChI is InChI=1S/C12H17BrN2O2S.ClH/c1-9-2-3-12(11(13)6-9)18(16,17)15-5-4-10(7-14)8-15;/h2-3,6,10H,4-5,7-8,14H2,1H3;1H. The van der Waals surface area contributed by atoms with Crippen molar-refractivity contribution in [3.63, 3.8) is 0 Å². The second-order valence-electron chi connectivity index (χ2n) is 4.69. The van der Waals surface area contributed by atoms with Crippen molar-refractivity contribution in [2.75, 3.05) is 19.6 Å². The van der Waals surface area contributed by atoms with Crippen molar-refractivity contribution < 1.29 is 8.42 Å². The van der Waals surface area contributed by atoms with Crippen LogP contribution in [0.2, 0.25) is 0 Å². The van der Waals surface area contributed by atoms with E-state index in [2.05, 4.69) is 15.9 Å². The molecule has 1 aliphatic heterocycles. The van der Waals surface area contributed by atoms with Gasteiger partial charge in [0.25, 0.3) is 0 Å². The van der Waals surface area contributed by atoms with Gasteiger partial charge in [-0.05, 0) is 59.4 Å². The summed E-state index contributed by atoms with van der Waals surface area (Å²) in [5, 5.41) is 0. The van der Waals surface area contributed by atoms with Crippen LogP contribution in [0, 0.1) is 12.8 Å². The molecule has 2 N–H and O–H groups in total. The minimum absolute atomic E-state index is 0. The molecule has 4 nitrogen and oxygen atoms in total. The minimum atomic E-state index is -3.40. The van der Waals surface area contributed by atoms with E-state index in [1.54, 1.807) is 6.07 Å². The van der Waals surface area contributed by atoms with Gasteiger partial charge >= 0.3 is 0 Å². The van der Waals surface area contributed by atoms with E-state index < -0.39 is 10.0 Å². The van der Waals surface area contributed by atoms with Crippen LogP contribution in [0.1, 0.15) is 12.0 Å². The lowest BCUT2D eigenvalue weighted by Gasteiger charge is -2.17. The molecular weight excluding hydrogens is 352 g/mol. The fourth-order valence-electron chi connectivity index (χ4n) is 2.16. The molecule has 7 heteroatoms. The topological polar surface area (TPSA) is 63.4 Å². The molecule has 0 amide bonds. The molecule has 0 aliphatic carbocycles. The van der Waals surface area contributed by atoms with Crippen molar-refractivity contribution in [1.82, 2.24) is 4.31 Å². The number of halogens is 2. The van der Waals surface area contributed by atoms with Gasteiger partial charge in [0.1, 0.15) is 0 Å². The fourth-order valence-corrected chi connectivity index (χ4v) is 4.85.